The van der Waals surface area contributed by atoms with Gasteiger partial charge in [-0.25, -0.2) is 13.2 Å². The molecule has 1 aliphatic heterocycles. The lowest BCUT2D eigenvalue weighted by Gasteiger charge is -2.34. The molecule has 9 heteroatoms. The van der Waals surface area contributed by atoms with E-state index in [1.807, 2.05) is 6.92 Å². The molecule has 0 aromatic heterocycles. The number of aryl methyl sites for hydroxylation is 2. The van der Waals surface area contributed by atoms with Gasteiger partial charge in [-0.1, -0.05) is 12.1 Å². The average molecular weight is 432 g/mol. The van der Waals surface area contributed by atoms with Crippen molar-refractivity contribution in [1.29, 1.82) is 0 Å². The summed E-state index contributed by atoms with van der Waals surface area (Å²) in [4.78, 5) is 24.9. The summed E-state index contributed by atoms with van der Waals surface area (Å²) in [5.74, 6) is -0.692. The fraction of sp³-hybridized carbons (Fsp3) is 0.333. The fourth-order valence-electron chi connectivity index (χ4n) is 3.12. The normalized spacial score (nSPS) is 15.7. The van der Waals surface area contributed by atoms with Crippen molar-refractivity contribution in [3.05, 3.63) is 53.1 Å². The van der Waals surface area contributed by atoms with Crippen LogP contribution in [0.2, 0.25) is 0 Å². The van der Waals surface area contributed by atoms with Gasteiger partial charge in [-0.3, -0.25) is 9.10 Å². The Morgan fingerprint density at radius 3 is 2.60 bits per heavy atom. The molecule has 0 spiro atoms. The molecule has 1 N–H and O–H groups in total. The quantitative estimate of drug-likeness (QED) is 0.729. The van der Waals surface area contributed by atoms with E-state index < -0.39 is 28.0 Å². The van der Waals surface area contributed by atoms with Gasteiger partial charge >= 0.3 is 5.97 Å². The molecular weight excluding hydrogens is 408 g/mol. The van der Waals surface area contributed by atoms with Gasteiger partial charge in [0.2, 0.25) is 10.0 Å². The molecule has 0 saturated carbocycles. The maximum atomic E-state index is 12.9. The molecule has 2 aromatic carbocycles. The molecule has 3 rings (SSSR count). The second-order valence-corrected chi connectivity index (χ2v) is 9.02. The minimum Gasteiger partial charge on any atom is -0.476 e. The maximum absolute atomic E-state index is 12.9. The number of fused-ring (bicyclic) bond motifs is 1. The van der Waals surface area contributed by atoms with Crippen LogP contribution in [0, 0.1) is 13.8 Å². The van der Waals surface area contributed by atoms with Gasteiger partial charge in [0.15, 0.2) is 6.10 Å². The summed E-state index contributed by atoms with van der Waals surface area (Å²) < 4.78 is 36.6. The predicted octanol–water partition coefficient (Wildman–Crippen LogP) is 2.65. The second kappa shape index (κ2) is 8.35. The summed E-state index contributed by atoms with van der Waals surface area (Å²) in [6.07, 6.45) is 0.0346. The van der Waals surface area contributed by atoms with Gasteiger partial charge in [-0.15, -0.1) is 0 Å². The number of nitrogens with zero attached hydrogens (tertiary/aromatic N) is 1. The monoisotopic (exact) mass is 432 g/mol. The van der Waals surface area contributed by atoms with Crippen LogP contribution in [0.25, 0.3) is 0 Å². The Morgan fingerprint density at radius 2 is 1.93 bits per heavy atom. The fourth-order valence-corrected chi connectivity index (χ4v) is 4.03. The van der Waals surface area contributed by atoms with Crippen molar-refractivity contribution < 1.29 is 27.5 Å². The molecule has 0 fully saturated rings. The Balaban J connectivity index is 1.87. The third kappa shape index (κ3) is 4.56. The zero-order chi connectivity index (χ0) is 22.1. The first kappa shape index (κ1) is 21.6. The molecule has 8 nitrogen and oxygen atoms in total. The number of anilines is 2. The van der Waals surface area contributed by atoms with Crippen molar-refractivity contribution in [1.82, 2.24) is 0 Å². The number of hydrogen-bond donors (Lipinski definition) is 1. The summed E-state index contributed by atoms with van der Waals surface area (Å²) >= 11 is 0. The highest BCUT2D eigenvalue weighted by molar-refractivity contribution is 7.92. The number of amides is 1. The number of sulfonamides is 1. The first-order chi connectivity index (χ1) is 14.1. The number of ether oxygens (including phenoxy) is 2. The van der Waals surface area contributed by atoms with E-state index >= 15 is 0 Å². The number of carbonyl (C=O) groups excluding carboxylic acids is 2. The highest BCUT2D eigenvalue weighted by atomic mass is 32.2. The van der Waals surface area contributed by atoms with Crippen LogP contribution in [0.1, 0.15) is 28.4 Å². The van der Waals surface area contributed by atoms with Crippen molar-refractivity contribution in [2.45, 2.75) is 26.9 Å². The van der Waals surface area contributed by atoms with Crippen LogP contribution in [0.4, 0.5) is 11.4 Å². The molecule has 1 aliphatic rings. The van der Waals surface area contributed by atoms with Crippen LogP contribution in [0.15, 0.2) is 36.4 Å². The summed E-state index contributed by atoms with van der Waals surface area (Å²) in [6, 6.07) is 9.98. The largest absolute Gasteiger partial charge is 0.476 e. The summed E-state index contributed by atoms with van der Waals surface area (Å²) in [5, 5.41) is 2.74. The summed E-state index contributed by atoms with van der Waals surface area (Å²) in [7, 11) is -3.62. The lowest BCUT2D eigenvalue weighted by molar-refractivity contribution is -0.122. The van der Waals surface area contributed by atoms with Crippen LogP contribution < -0.4 is 14.4 Å². The average Bonchev–Trinajstić information content (AvgIpc) is 2.68. The van der Waals surface area contributed by atoms with E-state index in [1.54, 1.807) is 44.2 Å². The maximum Gasteiger partial charge on any atom is 0.338 e. The third-order valence-electron chi connectivity index (χ3n) is 4.68. The number of hydrogen-bond acceptors (Lipinski definition) is 6. The smallest absolute Gasteiger partial charge is 0.338 e. The van der Waals surface area contributed by atoms with Gasteiger partial charge in [0, 0.05) is 5.69 Å². The zero-order valence-electron chi connectivity index (χ0n) is 17.3. The molecule has 1 heterocycles. The Kier molecular flexibility index (Phi) is 6.02. The lowest BCUT2D eigenvalue weighted by atomic mass is 10.1. The van der Waals surface area contributed by atoms with E-state index in [2.05, 4.69) is 5.32 Å². The molecule has 0 aliphatic carbocycles. The summed E-state index contributed by atoms with van der Waals surface area (Å²) in [6.45, 7) is 5.43. The first-order valence-electron chi connectivity index (χ1n) is 9.43. The molecule has 0 saturated heterocycles. The van der Waals surface area contributed by atoms with Gasteiger partial charge in [0.25, 0.3) is 5.91 Å². The summed E-state index contributed by atoms with van der Waals surface area (Å²) in [5.41, 5.74) is 2.75. The van der Waals surface area contributed by atoms with Crippen LogP contribution >= 0.6 is 0 Å². The van der Waals surface area contributed by atoms with Gasteiger partial charge in [0.1, 0.15) is 5.75 Å². The molecule has 1 amide bonds. The molecular formula is C21H24N2O6S. The van der Waals surface area contributed by atoms with E-state index in [4.69, 9.17) is 9.47 Å². The van der Waals surface area contributed by atoms with Crippen molar-refractivity contribution in [3.8, 4) is 5.75 Å². The molecule has 30 heavy (non-hydrogen) atoms. The second-order valence-electron chi connectivity index (χ2n) is 7.11. The van der Waals surface area contributed by atoms with Gasteiger partial charge in [-0.05, 0) is 56.2 Å². The number of carbonyl (C=O) groups is 2. The molecule has 2 aromatic rings. The van der Waals surface area contributed by atoms with Crippen molar-refractivity contribution in [2.75, 3.05) is 29.0 Å². The minimum absolute atomic E-state index is 0.155. The highest BCUT2D eigenvalue weighted by Gasteiger charge is 2.35. The zero-order valence-corrected chi connectivity index (χ0v) is 18.1. The first-order valence-corrected chi connectivity index (χ1v) is 11.3. The Morgan fingerprint density at radius 1 is 1.20 bits per heavy atom. The van der Waals surface area contributed by atoms with Gasteiger partial charge in [-0.2, -0.15) is 0 Å². The Bertz CT molecular complexity index is 1100. The van der Waals surface area contributed by atoms with Gasteiger partial charge < -0.3 is 14.8 Å². The van der Waals surface area contributed by atoms with E-state index in [0.717, 1.165) is 17.4 Å². The predicted molar refractivity (Wildman–Crippen MR) is 114 cm³/mol. The number of rotatable bonds is 5. The SMILES string of the molecule is CCOC(=O)c1ccc(C)c(NC(=O)[C@@H]2CN(S(C)(=O)=O)c3cc(C)ccc3O2)c1. The van der Waals surface area contributed by atoms with Crippen molar-refractivity contribution >= 4 is 33.3 Å². The Labute approximate surface area is 175 Å². The number of nitrogens with one attached hydrogen (secondary N) is 1. The molecule has 160 valence electrons. The van der Waals surface area contributed by atoms with Crippen LogP contribution in [0.3, 0.4) is 0 Å². The van der Waals surface area contributed by atoms with Crippen molar-refractivity contribution in [2.24, 2.45) is 0 Å². The van der Waals surface area contributed by atoms with Crippen LogP contribution in [-0.2, 0) is 19.6 Å². The van der Waals surface area contributed by atoms with Crippen molar-refractivity contribution in [3.63, 3.8) is 0 Å². The van der Waals surface area contributed by atoms with Crippen LogP contribution in [0.5, 0.6) is 5.75 Å². The third-order valence-corrected chi connectivity index (χ3v) is 5.83. The Hall–Kier alpha value is -3.07. The standard InChI is InChI=1S/C21H24N2O6S/c1-5-28-21(25)15-8-7-14(3)16(11-15)22-20(24)19-12-23(30(4,26)27)17-10-13(2)6-9-18(17)29-19/h6-11,19H,5,12H2,1-4H3,(H,22,24)/t19-/m0/s1. The molecule has 1 atom stereocenters. The topological polar surface area (TPSA) is 102 Å². The van der Waals surface area contributed by atoms with E-state index in [1.165, 1.54) is 10.4 Å². The molecule has 0 unspecified atom stereocenters. The van der Waals surface area contributed by atoms with Gasteiger partial charge in [0.05, 0.1) is 30.7 Å². The minimum atomic E-state index is -3.62. The number of esters is 1. The van der Waals surface area contributed by atoms with Crippen LogP contribution in [-0.4, -0.2) is 45.8 Å². The van der Waals surface area contributed by atoms with E-state index in [9.17, 15) is 18.0 Å². The van der Waals surface area contributed by atoms with E-state index in [0.29, 0.717) is 22.7 Å². The highest BCUT2D eigenvalue weighted by Crippen LogP contribution is 2.36. The molecule has 0 radical (unpaired) electrons. The molecule has 0 bridgehead atoms. The van der Waals surface area contributed by atoms with E-state index in [-0.39, 0.29) is 13.2 Å². The number of benzene rings is 2. The lowest BCUT2D eigenvalue weighted by Crippen LogP contribution is -2.48.